The molecule has 1 saturated carbocycles. The van der Waals surface area contributed by atoms with Crippen LogP contribution in [0.4, 0.5) is 0 Å². The largest absolute Gasteiger partial charge is 0.308 e. The zero-order valence-corrected chi connectivity index (χ0v) is 11.3. The predicted octanol–water partition coefficient (Wildman–Crippen LogP) is 3.45. The van der Waals surface area contributed by atoms with E-state index in [2.05, 4.69) is 43.2 Å². The number of hydrogen-bond acceptors (Lipinski definition) is 2. The van der Waals surface area contributed by atoms with Gasteiger partial charge in [-0.25, -0.2) is 0 Å². The van der Waals surface area contributed by atoms with Crippen LogP contribution in [0.1, 0.15) is 50.8 Å². The SMILES string of the molecule is Cc1ccc(CNC2CCCCC2(C)C)nc1. The van der Waals surface area contributed by atoms with Gasteiger partial charge in [0.1, 0.15) is 0 Å². The normalized spacial score (nSPS) is 23.6. The standard InChI is InChI=1S/C15H24N2/c1-12-7-8-13(16-10-12)11-17-14-6-4-5-9-15(14,2)3/h7-8,10,14,17H,4-6,9,11H2,1-3H3. The molecule has 94 valence electrons. The molecule has 1 heterocycles. The molecule has 2 nitrogen and oxygen atoms in total. The summed E-state index contributed by atoms with van der Waals surface area (Å²) in [5, 5.41) is 3.69. The maximum atomic E-state index is 4.45. The van der Waals surface area contributed by atoms with Crippen LogP contribution in [-0.4, -0.2) is 11.0 Å². The van der Waals surface area contributed by atoms with Gasteiger partial charge < -0.3 is 5.32 Å². The van der Waals surface area contributed by atoms with E-state index in [1.54, 1.807) is 0 Å². The van der Waals surface area contributed by atoms with Crippen molar-refractivity contribution < 1.29 is 0 Å². The number of nitrogens with one attached hydrogen (secondary N) is 1. The van der Waals surface area contributed by atoms with Gasteiger partial charge in [-0.3, -0.25) is 4.98 Å². The fourth-order valence-corrected chi connectivity index (χ4v) is 2.70. The maximum absolute atomic E-state index is 4.45. The fourth-order valence-electron chi connectivity index (χ4n) is 2.70. The van der Waals surface area contributed by atoms with Crippen molar-refractivity contribution in [2.45, 2.75) is 59.0 Å². The molecule has 2 rings (SSSR count). The Morgan fingerprint density at radius 1 is 1.35 bits per heavy atom. The maximum Gasteiger partial charge on any atom is 0.0541 e. The van der Waals surface area contributed by atoms with Crippen LogP contribution >= 0.6 is 0 Å². The first-order chi connectivity index (χ1) is 8.08. The van der Waals surface area contributed by atoms with Crippen LogP contribution < -0.4 is 5.32 Å². The van der Waals surface area contributed by atoms with Crippen LogP contribution in [0.15, 0.2) is 18.3 Å². The lowest BCUT2D eigenvalue weighted by molar-refractivity contribution is 0.166. The highest BCUT2D eigenvalue weighted by atomic mass is 14.9. The Kier molecular flexibility index (Phi) is 3.82. The average molecular weight is 232 g/mol. The van der Waals surface area contributed by atoms with Crippen molar-refractivity contribution in [3.05, 3.63) is 29.6 Å². The van der Waals surface area contributed by atoms with Crippen molar-refractivity contribution >= 4 is 0 Å². The monoisotopic (exact) mass is 232 g/mol. The third-order valence-electron chi connectivity index (χ3n) is 4.01. The Bertz CT molecular complexity index is 354. The molecule has 1 aromatic heterocycles. The van der Waals surface area contributed by atoms with Crippen molar-refractivity contribution in [2.75, 3.05) is 0 Å². The molecule has 17 heavy (non-hydrogen) atoms. The molecule has 1 unspecified atom stereocenters. The van der Waals surface area contributed by atoms with Gasteiger partial charge in [0, 0.05) is 18.8 Å². The molecule has 0 saturated heterocycles. The molecular weight excluding hydrogens is 208 g/mol. The third-order valence-corrected chi connectivity index (χ3v) is 4.01. The van der Waals surface area contributed by atoms with Gasteiger partial charge in [-0.05, 0) is 36.8 Å². The zero-order valence-electron chi connectivity index (χ0n) is 11.3. The molecule has 0 spiro atoms. The fraction of sp³-hybridized carbons (Fsp3) is 0.667. The van der Waals surface area contributed by atoms with E-state index in [0.29, 0.717) is 11.5 Å². The molecule has 0 amide bonds. The summed E-state index contributed by atoms with van der Waals surface area (Å²) in [7, 11) is 0. The summed E-state index contributed by atoms with van der Waals surface area (Å²) in [5.74, 6) is 0. The molecule has 0 radical (unpaired) electrons. The second kappa shape index (κ2) is 5.18. The highest BCUT2D eigenvalue weighted by Crippen LogP contribution is 2.35. The summed E-state index contributed by atoms with van der Waals surface area (Å²) in [4.78, 5) is 4.45. The van der Waals surface area contributed by atoms with E-state index in [4.69, 9.17) is 0 Å². The zero-order chi connectivity index (χ0) is 12.3. The molecule has 1 fully saturated rings. The minimum absolute atomic E-state index is 0.433. The number of hydrogen-bond donors (Lipinski definition) is 1. The van der Waals surface area contributed by atoms with Gasteiger partial charge in [-0.1, -0.05) is 32.8 Å². The highest BCUT2D eigenvalue weighted by molar-refractivity contribution is 5.12. The Labute approximate surface area is 105 Å². The minimum atomic E-state index is 0.433. The van der Waals surface area contributed by atoms with Gasteiger partial charge in [0.15, 0.2) is 0 Å². The predicted molar refractivity (Wildman–Crippen MR) is 71.9 cm³/mol. The Morgan fingerprint density at radius 3 is 2.82 bits per heavy atom. The van der Waals surface area contributed by atoms with Crippen molar-refractivity contribution in [1.29, 1.82) is 0 Å². The molecule has 0 bridgehead atoms. The molecule has 1 aliphatic carbocycles. The van der Waals surface area contributed by atoms with Gasteiger partial charge in [0.05, 0.1) is 5.69 Å². The topological polar surface area (TPSA) is 24.9 Å². The second-order valence-corrected chi connectivity index (χ2v) is 5.99. The molecule has 1 N–H and O–H groups in total. The van der Waals surface area contributed by atoms with E-state index >= 15 is 0 Å². The van der Waals surface area contributed by atoms with E-state index in [0.717, 1.165) is 12.2 Å². The van der Waals surface area contributed by atoms with E-state index < -0.39 is 0 Å². The number of nitrogens with zero attached hydrogens (tertiary/aromatic N) is 1. The smallest absolute Gasteiger partial charge is 0.0541 e. The van der Waals surface area contributed by atoms with Gasteiger partial charge in [0.2, 0.25) is 0 Å². The van der Waals surface area contributed by atoms with Crippen molar-refractivity contribution in [2.24, 2.45) is 5.41 Å². The Balaban J connectivity index is 1.91. The quantitative estimate of drug-likeness (QED) is 0.863. The minimum Gasteiger partial charge on any atom is -0.308 e. The van der Waals surface area contributed by atoms with Crippen LogP contribution in [0.2, 0.25) is 0 Å². The van der Waals surface area contributed by atoms with E-state index in [1.165, 1.54) is 31.2 Å². The van der Waals surface area contributed by atoms with Crippen LogP contribution in [-0.2, 0) is 6.54 Å². The lowest BCUT2D eigenvalue weighted by atomic mass is 9.73. The van der Waals surface area contributed by atoms with Crippen LogP contribution in [0.25, 0.3) is 0 Å². The molecule has 1 aliphatic rings. The van der Waals surface area contributed by atoms with Gasteiger partial charge in [-0.15, -0.1) is 0 Å². The number of aromatic nitrogens is 1. The van der Waals surface area contributed by atoms with Crippen LogP contribution in [0.3, 0.4) is 0 Å². The van der Waals surface area contributed by atoms with Gasteiger partial charge in [0.25, 0.3) is 0 Å². The first-order valence-electron chi connectivity index (χ1n) is 6.73. The lowest BCUT2D eigenvalue weighted by Gasteiger charge is -2.39. The van der Waals surface area contributed by atoms with E-state index in [-0.39, 0.29) is 0 Å². The molecule has 2 heteroatoms. The van der Waals surface area contributed by atoms with E-state index in [9.17, 15) is 0 Å². The number of rotatable bonds is 3. The van der Waals surface area contributed by atoms with Gasteiger partial charge >= 0.3 is 0 Å². The first-order valence-corrected chi connectivity index (χ1v) is 6.73. The van der Waals surface area contributed by atoms with Crippen molar-refractivity contribution in [3.8, 4) is 0 Å². The third kappa shape index (κ3) is 3.29. The van der Waals surface area contributed by atoms with Crippen molar-refractivity contribution in [3.63, 3.8) is 0 Å². The highest BCUT2D eigenvalue weighted by Gasteiger charge is 2.31. The molecule has 0 aromatic carbocycles. The molecule has 1 atom stereocenters. The summed E-state index contributed by atoms with van der Waals surface area (Å²) >= 11 is 0. The summed E-state index contributed by atoms with van der Waals surface area (Å²) in [6, 6.07) is 4.90. The molecular formula is C15H24N2. The lowest BCUT2D eigenvalue weighted by Crippen LogP contribution is -2.43. The van der Waals surface area contributed by atoms with Crippen molar-refractivity contribution in [1.82, 2.24) is 10.3 Å². The number of aryl methyl sites for hydroxylation is 1. The average Bonchev–Trinajstić information content (AvgIpc) is 2.29. The Morgan fingerprint density at radius 2 is 2.18 bits per heavy atom. The van der Waals surface area contributed by atoms with Crippen LogP contribution in [0, 0.1) is 12.3 Å². The van der Waals surface area contributed by atoms with Crippen LogP contribution in [0.5, 0.6) is 0 Å². The summed E-state index contributed by atoms with van der Waals surface area (Å²) in [5.41, 5.74) is 2.81. The number of pyridine rings is 1. The second-order valence-electron chi connectivity index (χ2n) is 5.99. The first kappa shape index (κ1) is 12.6. The summed E-state index contributed by atoms with van der Waals surface area (Å²) < 4.78 is 0. The van der Waals surface area contributed by atoms with Gasteiger partial charge in [-0.2, -0.15) is 0 Å². The van der Waals surface area contributed by atoms with E-state index in [1.807, 2.05) is 6.20 Å². The summed E-state index contributed by atoms with van der Waals surface area (Å²) in [6.45, 7) is 7.74. The molecule has 1 aromatic rings. The summed E-state index contributed by atoms with van der Waals surface area (Å²) in [6.07, 6.45) is 7.34. The molecule has 0 aliphatic heterocycles. The Hall–Kier alpha value is -0.890.